The second kappa shape index (κ2) is 6.16. The van der Waals surface area contributed by atoms with Crippen molar-refractivity contribution in [1.29, 1.82) is 0 Å². The molecule has 0 radical (unpaired) electrons. The van der Waals surface area contributed by atoms with Crippen molar-refractivity contribution in [3.63, 3.8) is 0 Å². The van der Waals surface area contributed by atoms with Gasteiger partial charge in [-0.15, -0.1) is 0 Å². The van der Waals surface area contributed by atoms with E-state index in [0.29, 0.717) is 6.04 Å². The van der Waals surface area contributed by atoms with Crippen molar-refractivity contribution in [3.05, 3.63) is 71.5 Å². The summed E-state index contributed by atoms with van der Waals surface area (Å²) in [6.07, 6.45) is 0. The fourth-order valence-corrected chi connectivity index (χ4v) is 3.10. The predicted octanol–water partition coefficient (Wildman–Crippen LogP) is 0.377. The Morgan fingerprint density at radius 3 is 2.10 bits per heavy atom. The van der Waals surface area contributed by atoms with Gasteiger partial charge < -0.3 is 10.2 Å². The lowest BCUT2D eigenvalue weighted by molar-refractivity contribution is -0.967. The van der Waals surface area contributed by atoms with E-state index in [0.717, 1.165) is 13.1 Å². The number of rotatable bonds is 3. The Morgan fingerprint density at radius 1 is 0.850 bits per heavy atom. The number of benzene rings is 2. The minimum absolute atomic E-state index is 0.164. The Bertz CT molecular complexity index is 533. The maximum atomic E-state index is 13.2. The van der Waals surface area contributed by atoms with Crippen LogP contribution in [0.4, 0.5) is 4.39 Å². The van der Waals surface area contributed by atoms with E-state index in [1.807, 2.05) is 18.2 Å². The fourth-order valence-electron chi connectivity index (χ4n) is 3.10. The summed E-state index contributed by atoms with van der Waals surface area (Å²) in [7, 11) is 0. The van der Waals surface area contributed by atoms with Gasteiger partial charge in [-0.25, -0.2) is 4.39 Å². The SMILES string of the molecule is Fc1ccc([C@@H](c2ccccc2)[NH+]2CC[NH2+]CC2)cc1. The smallest absolute Gasteiger partial charge is 0.139 e. The molecule has 3 heteroatoms. The maximum absolute atomic E-state index is 13.2. The minimum atomic E-state index is -0.164. The number of nitrogens with two attached hydrogens (primary N) is 1. The van der Waals surface area contributed by atoms with Crippen LogP contribution in [-0.2, 0) is 0 Å². The van der Waals surface area contributed by atoms with Crippen LogP contribution in [0.5, 0.6) is 0 Å². The molecule has 0 bridgehead atoms. The summed E-state index contributed by atoms with van der Waals surface area (Å²) in [5, 5.41) is 2.37. The van der Waals surface area contributed by atoms with E-state index in [2.05, 4.69) is 29.6 Å². The van der Waals surface area contributed by atoms with Crippen molar-refractivity contribution in [2.45, 2.75) is 6.04 Å². The molecule has 104 valence electrons. The molecule has 0 saturated carbocycles. The first-order chi connectivity index (χ1) is 9.84. The highest BCUT2D eigenvalue weighted by Crippen LogP contribution is 2.19. The third-order valence-corrected chi connectivity index (χ3v) is 4.08. The third-order valence-electron chi connectivity index (χ3n) is 4.08. The quantitative estimate of drug-likeness (QED) is 0.806. The van der Waals surface area contributed by atoms with Crippen LogP contribution in [0, 0.1) is 5.82 Å². The van der Waals surface area contributed by atoms with Crippen molar-refractivity contribution in [3.8, 4) is 0 Å². The van der Waals surface area contributed by atoms with Crippen molar-refractivity contribution >= 4 is 0 Å². The van der Waals surface area contributed by atoms with Crippen LogP contribution in [0.15, 0.2) is 54.6 Å². The number of hydrogen-bond donors (Lipinski definition) is 2. The van der Waals surface area contributed by atoms with Gasteiger partial charge >= 0.3 is 0 Å². The molecule has 20 heavy (non-hydrogen) atoms. The van der Waals surface area contributed by atoms with Crippen molar-refractivity contribution in [2.75, 3.05) is 26.2 Å². The van der Waals surface area contributed by atoms with Gasteiger partial charge in [0.1, 0.15) is 38.0 Å². The molecule has 3 rings (SSSR count). The molecule has 1 aliphatic heterocycles. The van der Waals surface area contributed by atoms with Gasteiger partial charge in [0.15, 0.2) is 0 Å². The molecule has 0 aromatic heterocycles. The van der Waals surface area contributed by atoms with Crippen LogP contribution in [0.25, 0.3) is 0 Å². The molecule has 1 atom stereocenters. The van der Waals surface area contributed by atoms with Crippen LogP contribution in [0.3, 0.4) is 0 Å². The molecule has 2 aromatic rings. The summed E-state index contributed by atoms with van der Waals surface area (Å²) < 4.78 is 13.2. The number of hydrogen-bond acceptors (Lipinski definition) is 0. The molecule has 1 saturated heterocycles. The lowest BCUT2D eigenvalue weighted by Crippen LogP contribution is -3.20. The molecule has 0 spiro atoms. The normalized spacial score (nSPS) is 17.9. The van der Waals surface area contributed by atoms with Crippen LogP contribution in [-0.4, -0.2) is 26.2 Å². The Morgan fingerprint density at radius 2 is 1.45 bits per heavy atom. The van der Waals surface area contributed by atoms with E-state index < -0.39 is 0 Å². The van der Waals surface area contributed by atoms with Crippen molar-refractivity contribution in [1.82, 2.24) is 0 Å². The number of quaternary nitrogens is 2. The first-order valence-electron chi connectivity index (χ1n) is 7.31. The molecule has 1 aliphatic rings. The second-order valence-electron chi connectivity index (χ2n) is 5.42. The first kappa shape index (κ1) is 13.3. The molecule has 2 nitrogen and oxygen atoms in total. The molecule has 0 aliphatic carbocycles. The summed E-state index contributed by atoms with van der Waals surface area (Å²) in [6, 6.07) is 17.9. The van der Waals surface area contributed by atoms with Crippen molar-refractivity contribution in [2.24, 2.45) is 0 Å². The van der Waals surface area contributed by atoms with Gasteiger partial charge in [0, 0.05) is 11.1 Å². The van der Waals surface area contributed by atoms with E-state index in [-0.39, 0.29) is 5.82 Å². The van der Waals surface area contributed by atoms with Gasteiger partial charge in [-0.3, -0.25) is 0 Å². The summed E-state index contributed by atoms with van der Waals surface area (Å²) in [5.74, 6) is -0.164. The molecule has 0 unspecified atom stereocenters. The van der Waals surface area contributed by atoms with Gasteiger partial charge in [-0.1, -0.05) is 30.3 Å². The molecular formula is C17H21FN2+2. The second-order valence-corrected chi connectivity index (χ2v) is 5.42. The van der Waals surface area contributed by atoms with Gasteiger partial charge in [0.2, 0.25) is 0 Å². The minimum Gasteiger partial charge on any atom is -0.337 e. The maximum Gasteiger partial charge on any atom is 0.139 e. The molecule has 1 fully saturated rings. The van der Waals surface area contributed by atoms with Gasteiger partial charge in [-0.05, 0) is 24.3 Å². The van der Waals surface area contributed by atoms with Crippen LogP contribution in [0.2, 0.25) is 0 Å². The Kier molecular flexibility index (Phi) is 4.09. The highest BCUT2D eigenvalue weighted by atomic mass is 19.1. The molecule has 2 aromatic carbocycles. The van der Waals surface area contributed by atoms with E-state index >= 15 is 0 Å². The van der Waals surface area contributed by atoms with Gasteiger partial charge in [-0.2, -0.15) is 0 Å². The highest BCUT2D eigenvalue weighted by molar-refractivity contribution is 5.29. The average Bonchev–Trinajstić information content (AvgIpc) is 2.52. The predicted molar refractivity (Wildman–Crippen MR) is 77.0 cm³/mol. The van der Waals surface area contributed by atoms with Crippen LogP contribution < -0.4 is 10.2 Å². The molecule has 3 N–H and O–H groups in total. The Labute approximate surface area is 119 Å². The van der Waals surface area contributed by atoms with Gasteiger partial charge in [0.05, 0.1) is 0 Å². The van der Waals surface area contributed by atoms with Crippen LogP contribution in [0.1, 0.15) is 17.2 Å². The van der Waals surface area contributed by atoms with Crippen LogP contribution >= 0.6 is 0 Å². The van der Waals surface area contributed by atoms with Gasteiger partial charge in [0.25, 0.3) is 0 Å². The number of halogens is 1. The molecule has 0 amide bonds. The first-order valence-corrected chi connectivity index (χ1v) is 7.31. The summed E-state index contributed by atoms with van der Waals surface area (Å²) in [5.41, 5.74) is 2.52. The summed E-state index contributed by atoms with van der Waals surface area (Å²) >= 11 is 0. The van der Waals surface area contributed by atoms with Crippen molar-refractivity contribution < 1.29 is 14.6 Å². The molecule has 1 heterocycles. The fraction of sp³-hybridized carbons (Fsp3) is 0.294. The summed E-state index contributed by atoms with van der Waals surface area (Å²) in [4.78, 5) is 1.57. The lowest BCUT2D eigenvalue weighted by Gasteiger charge is -2.31. The molecular weight excluding hydrogens is 251 g/mol. The number of piperazine rings is 1. The standard InChI is InChI=1S/C17H19FN2/c18-16-8-6-15(7-9-16)17(14-4-2-1-3-5-14)20-12-10-19-11-13-20/h1-9,17,19H,10-13H2/p+2/t17-/m1/s1. The third kappa shape index (κ3) is 2.89. The topological polar surface area (TPSA) is 21.1 Å². The summed E-state index contributed by atoms with van der Waals surface area (Å²) in [6.45, 7) is 4.63. The van der Waals surface area contributed by atoms with E-state index in [1.165, 1.54) is 24.2 Å². The zero-order chi connectivity index (χ0) is 13.8. The van der Waals surface area contributed by atoms with E-state index in [9.17, 15) is 4.39 Å². The number of nitrogens with one attached hydrogen (secondary N) is 1. The lowest BCUT2D eigenvalue weighted by atomic mass is 9.96. The zero-order valence-corrected chi connectivity index (χ0v) is 11.6. The highest BCUT2D eigenvalue weighted by Gasteiger charge is 2.28. The Hall–Kier alpha value is -1.71. The monoisotopic (exact) mass is 272 g/mol. The Balaban J connectivity index is 1.96. The van der Waals surface area contributed by atoms with E-state index in [1.54, 1.807) is 17.0 Å². The average molecular weight is 272 g/mol. The largest absolute Gasteiger partial charge is 0.337 e. The van der Waals surface area contributed by atoms with E-state index in [4.69, 9.17) is 0 Å². The zero-order valence-electron chi connectivity index (χ0n) is 11.6.